The van der Waals surface area contributed by atoms with E-state index in [0.717, 1.165) is 19.4 Å². The maximum atomic E-state index is 12.1. The van der Waals surface area contributed by atoms with Crippen molar-refractivity contribution in [3.8, 4) is 0 Å². The fourth-order valence-electron chi connectivity index (χ4n) is 2.33. The van der Waals surface area contributed by atoms with Crippen molar-refractivity contribution in [2.24, 2.45) is 5.92 Å². The summed E-state index contributed by atoms with van der Waals surface area (Å²) in [5.74, 6) is -0.398. The van der Waals surface area contributed by atoms with E-state index in [2.05, 4.69) is 5.32 Å². The van der Waals surface area contributed by atoms with Crippen LogP contribution in [-0.2, 0) is 9.53 Å². The lowest BCUT2D eigenvalue weighted by Gasteiger charge is -2.34. The Kier molecular flexibility index (Phi) is 5.60. The van der Waals surface area contributed by atoms with E-state index >= 15 is 0 Å². The average molecular weight is 272 g/mol. The molecule has 1 rings (SSSR count). The van der Waals surface area contributed by atoms with Crippen LogP contribution < -0.4 is 5.32 Å². The van der Waals surface area contributed by atoms with Crippen molar-refractivity contribution < 1.29 is 19.4 Å². The number of carboxylic acids is 1. The molecule has 0 unspecified atom stereocenters. The molecule has 6 nitrogen and oxygen atoms in total. The minimum atomic E-state index is -0.913. The van der Waals surface area contributed by atoms with Gasteiger partial charge in [-0.1, -0.05) is 0 Å². The summed E-state index contributed by atoms with van der Waals surface area (Å²) in [6.45, 7) is 5.57. The lowest BCUT2D eigenvalue weighted by Crippen LogP contribution is -2.52. The van der Waals surface area contributed by atoms with Crippen LogP contribution >= 0.6 is 0 Å². The van der Waals surface area contributed by atoms with Crippen molar-refractivity contribution in [1.29, 1.82) is 0 Å². The number of urea groups is 1. The summed E-state index contributed by atoms with van der Waals surface area (Å²) in [6.07, 6.45) is 1.78. The average Bonchev–Trinajstić information content (AvgIpc) is 2.27. The van der Waals surface area contributed by atoms with E-state index in [9.17, 15) is 9.59 Å². The molecule has 0 spiro atoms. The Hall–Kier alpha value is -1.30. The number of rotatable bonds is 5. The molecule has 1 heterocycles. The zero-order chi connectivity index (χ0) is 14.5. The Morgan fingerprint density at radius 3 is 2.42 bits per heavy atom. The Morgan fingerprint density at radius 2 is 1.95 bits per heavy atom. The highest BCUT2D eigenvalue weighted by Gasteiger charge is 2.28. The van der Waals surface area contributed by atoms with Gasteiger partial charge in [-0.3, -0.25) is 4.79 Å². The van der Waals surface area contributed by atoms with Crippen LogP contribution in [0.15, 0.2) is 0 Å². The van der Waals surface area contributed by atoms with Gasteiger partial charge in [0.1, 0.15) is 0 Å². The maximum Gasteiger partial charge on any atom is 0.317 e. The molecule has 1 aliphatic rings. The molecule has 1 aliphatic heterocycles. The zero-order valence-electron chi connectivity index (χ0n) is 11.9. The van der Waals surface area contributed by atoms with Crippen LogP contribution in [0.2, 0.25) is 0 Å². The first-order valence-corrected chi connectivity index (χ1v) is 6.62. The second-order valence-corrected chi connectivity index (χ2v) is 5.77. The number of carbonyl (C=O) groups excluding carboxylic acids is 1. The molecular formula is C13H24N2O4. The second kappa shape index (κ2) is 6.75. The van der Waals surface area contributed by atoms with Crippen LogP contribution in [0.3, 0.4) is 0 Å². The van der Waals surface area contributed by atoms with Crippen molar-refractivity contribution >= 4 is 12.0 Å². The SMILES string of the molecule is COCC1CCN(C(=O)NC(C)(C)CC(=O)O)CC1. The van der Waals surface area contributed by atoms with Gasteiger partial charge in [0.15, 0.2) is 0 Å². The molecule has 19 heavy (non-hydrogen) atoms. The standard InChI is InChI=1S/C13H24N2O4/c1-13(2,8-11(16)17)14-12(18)15-6-4-10(5-7-15)9-19-3/h10H,4-9H2,1-3H3,(H,14,18)(H,16,17). The summed E-state index contributed by atoms with van der Waals surface area (Å²) >= 11 is 0. The Morgan fingerprint density at radius 1 is 1.37 bits per heavy atom. The van der Waals surface area contributed by atoms with Crippen molar-refractivity contribution in [1.82, 2.24) is 10.2 Å². The van der Waals surface area contributed by atoms with E-state index in [1.807, 2.05) is 0 Å². The summed E-state index contributed by atoms with van der Waals surface area (Å²) in [5, 5.41) is 11.6. The van der Waals surface area contributed by atoms with Gasteiger partial charge >= 0.3 is 12.0 Å². The van der Waals surface area contributed by atoms with E-state index in [-0.39, 0.29) is 12.5 Å². The fourth-order valence-corrected chi connectivity index (χ4v) is 2.33. The lowest BCUT2D eigenvalue weighted by molar-refractivity contribution is -0.138. The number of methoxy groups -OCH3 is 1. The molecule has 0 atom stereocenters. The summed E-state index contributed by atoms with van der Waals surface area (Å²) in [4.78, 5) is 24.5. The number of hydrogen-bond acceptors (Lipinski definition) is 3. The molecule has 0 bridgehead atoms. The first kappa shape index (κ1) is 15.8. The predicted molar refractivity (Wildman–Crippen MR) is 71.0 cm³/mol. The van der Waals surface area contributed by atoms with Gasteiger partial charge in [0.25, 0.3) is 0 Å². The van der Waals surface area contributed by atoms with Gasteiger partial charge in [-0.05, 0) is 32.6 Å². The van der Waals surface area contributed by atoms with Crippen LogP contribution in [0.25, 0.3) is 0 Å². The van der Waals surface area contributed by atoms with Crippen LogP contribution in [0, 0.1) is 5.92 Å². The fraction of sp³-hybridized carbons (Fsp3) is 0.846. The van der Waals surface area contributed by atoms with Crippen molar-refractivity contribution in [3.63, 3.8) is 0 Å². The molecule has 6 heteroatoms. The molecular weight excluding hydrogens is 248 g/mol. The smallest absolute Gasteiger partial charge is 0.317 e. The van der Waals surface area contributed by atoms with Gasteiger partial charge in [-0.15, -0.1) is 0 Å². The van der Waals surface area contributed by atoms with E-state index in [1.54, 1.807) is 25.9 Å². The summed E-state index contributed by atoms with van der Waals surface area (Å²) in [6, 6.07) is -0.179. The molecule has 0 aromatic heterocycles. The topological polar surface area (TPSA) is 78.9 Å². The van der Waals surface area contributed by atoms with Gasteiger partial charge in [0.05, 0.1) is 6.42 Å². The number of carboxylic acid groups (broad SMARTS) is 1. The minimum absolute atomic E-state index is 0.0844. The van der Waals surface area contributed by atoms with Gasteiger partial charge in [-0.2, -0.15) is 0 Å². The van der Waals surface area contributed by atoms with Crippen molar-refractivity contribution in [2.45, 2.75) is 38.6 Å². The Labute approximate surface area is 114 Å². The quantitative estimate of drug-likeness (QED) is 0.791. The summed E-state index contributed by atoms with van der Waals surface area (Å²) < 4.78 is 5.12. The summed E-state index contributed by atoms with van der Waals surface area (Å²) in [5.41, 5.74) is -0.730. The molecule has 2 amide bonds. The third-order valence-electron chi connectivity index (χ3n) is 3.34. The molecule has 0 saturated carbocycles. The van der Waals surface area contributed by atoms with Gasteiger partial charge in [0, 0.05) is 32.3 Å². The Bertz CT molecular complexity index is 323. The molecule has 1 saturated heterocycles. The van der Waals surface area contributed by atoms with Crippen molar-refractivity contribution in [3.05, 3.63) is 0 Å². The highest BCUT2D eigenvalue weighted by Crippen LogP contribution is 2.18. The third kappa shape index (κ3) is 5.46. The number of ether oxygens (including phenoxy) is 1. The van der Waals surface area contributed by atoms with E-state index < -0.39 is 11.5 Å². The van der Waals surface area contributed by atoms with Gasteiger partial charge < -0.3 is 20.1 Å². The van der Waals surface area contributed by atoms with Gasteiger partial charge in [-0.25, -0.2) is 4.79 Å². The van der Waals surface area contributed by atoms with Crippen LogP contribution in [0.4, 0.5) is 4.79 Å². The largest absolute Gasteiger partial charge is 0.481 e. The number of nitrogens with zero attached hydrogens (tertiary/aromatic N) is 1. The highest BCUT2D eigenvalue weighted by atomic mass is 16.5. The number of likely N-dealkylation sites (tertiary alicyclic amines) is 1. The molecule has 0 radical (unpaired) electrons. The number of hydrogen-bond donors (Lipinski definition) is 2. The lowest BCUT2D eigenvalue weighted by atomic mass is 9.97. The maximum absolute atomic E-state index is 12.1. The summed E-state index contributed by atoms with van der Waals surface area (Å²) in [7, 11) is 1.69. The zero-order valence-corrected chi connectivity index (χ0v) is 11.9. The third-order valence-corrected chi connectivity index (χ3v) is 3.34. The van der Waals surface area contributed by atoms with Crippen LogP contribution in [-0.4, -0.2) is 54.4 Å². The Balaban J connectivity index is 2.41. The number of nitrogens with one attached hydrogen (secondary N) is 1. The monoisotopic (exact) mass is 272 g/mol. The van der Waals surface area contributed by atoms with Crippen LogP contribution in [0.5, 0.6) is 0 Å². The van der Waals surface area contributed by atoms with Gasteiger partial charge in [0.2, 0.25) is 0 Å². The van der Waals surface area contributed by atoms with E-state index in [4.69, 9.17) is 9.84 Å². The first-order chi connectivity index (χ1) is 8.84. The molecule has 110 valence electrons. The predicted octanol–water partition coefficient (Wildman–Crippen LogP) is 1.31. The highest BCUT2D eigenvalue weighted by molar-refractivity contribution is 5.76. The number of aliphatic carboxylic acids is 1. The first-order valence-electron chi connectivity index (χ1n) is 6.62. The van der Waals surface area contributed by atoms with Crippen molar-refractivity contribution in [2.75, 3.05) is 26.8 Å². The van der Waals surface area contributed by atoms with Crippen LogP contribution in [0.1, 0.15) is 33.1 Å². The molecule has 0 aromatic rings. The molecule has 1 fully saturated rings. The molecule has 0 aliphatic carbocycles. The number of carbonyl (C=O) groups is 2. The molecule has 2 N–H and O–H groups in total. The second-order valence-electron chi connectivity index (χ2n) is 5.77. The van der Waals surface area contributed by atoms with E-state index in [0.29, 0.717) is 19.0 Å². The number of piperidine rings is 1. The number of amides is 2. The minimum Gasteiger partial charge on any atom is -0.481 e. The van der Waals surface area contributed by atoms with E-state index in [1.165, 1.54) is 0 Å². The molecule has 0 aromatic carbocycles. The normalized spacial score (nSPS) is 17.3.